The molecule has 0 saturated carbocycles. The van der Waals surface area contributed by atoms with Crippen molar-refractivity contribution in [2.45, 2.75) is 6.18 Å². The molecule has 5 rings (SSSR count). The molecule has 34 heavy (non-hydrogen) atoms. The Hall–Kier alpha value is -4.15. The van der Waals surface area contributed by atoms with Crippen LogP contribution in [0.15, 0.2) is 54.6 Å². The first-order chi connectivity index (χ1) is 16.3. The second-order valence-corrected chi connectivity index (χ2v) is 7.80. The number of rotatable bonds is 2. The minimum Gasteiger partial charge on any atom is -0.435 e. The summed E-state index contributed by atoms with van der Waals surface area (Å²) in [6.45, 7) is 1.02. The van der Waals surface area contributed by atoms with E-state index in [1.807, 2.05) is 4.90 Å². The van der Waals surface area contributed by atoms with Gasteiger partial charge in [0.1, 0.15) is 5.56 Å². The number of piperazine rings is 1. The molecular formula is C23H18F3N5O3. The topological polar surface area (TPSA) is 87.7 Å². The number of aromatic nitrogens is 2. The third-order valence-electron chi connectivity index (χ3n) is 5.69. The van der Waals surface area contributed by atoms with Crippen LogP contribution in [0.3, 0.4) is 0 Å². The van der Waals surface area contributed by atoms with Gasteiger partial charge in [-0.25, -0.2) is 0 Å². The average molecular weight is 469 g/mol. The van der Waals surface area contributed by atoms with Crippen LogP contribution in [0.4, 0.5) is 24.7 Å². The Morgan fingerprint density at radius 1 is 0.971 bits per heavy atom. The van der Waals surface area contributed by atoms with Gasteiger partial charge in [0.2, 0.25) is 0 Å². The van der Waals surface area contributed by atoms with E-state index in [1.54, 1.807) is 30.3 Å². The summed E-state index contributed by atoms with van der Waals surface area (Å²) < 4.78 is 45.7. The van der Waals surface area contributed by atoms with Crippen molar-refractivity contribution in [1.82, 2.24) is 15.1 Å². The van der Waals surface area contributed by atoms with Crippen LogP contribution in [0, 0.1) is 0 Å². The minimum atomic E-state index is -4.62. The Balaban J connectivity index is 1.31. The zero-order valence-electron chi connectivity index (χ0n) is 17.7. The van der Waals surface area contributed by atoms with Crippen molar-refractivity contribution in [3.05, 3.63) is 71.3 Å². The normalized spacial score (nSPS) is 15.6. The van der Waals surface area contributed by atoms with Gasteiger partial charge in [0.25, 0.3) is 17.7 Å². The Morgan fingerprint density at radius 3 is 2.44 bits per heavy atom. The second kappa shape index (κ2) is 8.32. The summed E-state index contributed by atoms with van der Waals surface area (Å²) in [5.41, 5.74) is -0.607. The zero-order chi connectivity index (χ0) is 23.9. The van der Waals surface area contributed by atoms with E-state index in [2.05, 4.69) is 15.5 Å². The van der Waals surface area contributed by atoms with Gasteiger partial charge in [-0.15, -0.1) is 10.2 Å². The number of para-hydroxylation sites is 2. The predicted octanol–water partition coefficient (Wildman–Crippen LogP) is 3.82. The van der Waals surface area contributed by atoms with Crippen LogP contribution in [0.25, 0.3) is 0 Å². The summed E-state index contributed by atoms with van der Waals surface area (Å²) in [4.78, 5) is 28.7. The van der Waals surface area contributed by atoms with E-state index < -0.39 is 23.6 Å². The molecule has 0 aliphatic carbocycles. The number of ether oxygens (including phenoxy) is 1. The molecule has 2 aliphatic heterocycles. The van der Waals surface area contributed by atoms with E-state index in [0.717, 1.165) is 6.07 Å². The lowest BCUT2D eigenvalue weighted by Crippen LogP contribution is -2.49. The zero-order valence-corrected chi connectivity index (χ0v) is 17.7. The van der Waals surface area contributed by atoms with Gasteiger partial charge in [0, 0.05) is 32.2 Å². The maximum Gasteiger partial charge on any atom is 0.417 e. The van der Waals surface area contributed by atoms with E-state index >= 15 is 0 Å². The maximum atomic E-state index is 13.3. The number of anilines is 2. The standard InChI is InChI=1S/C23H18F3N5O3/c24-23(25,26)16-6-2-1-5-14(16)22(33)31-11-9-30(10-12-31)19-13-15-20(32)27-17-7-3-4-8-18(17)34-21(15)29-28-19/h1-8,13H,9-12H2,(H,27,32). The molecule has 0 spiro atoms. The number of carbonyl (C=O) groups excluding carboxylic acids is 2. The molecule has 1 N–H and O–H groups in total. The fourth-order valence-electron chi connectivity index (χ4n) is 3.94. The maximum absolute atomic E-state index is 13.3. The first kappa shape index (κ1) is 21.7. The molecule has 1 saturated heterocycles. The Kier molecular flexibility index (Phi) is 5.31. The average Bonchev–Trinajstić information content (AvgIpc) is 2.98. The molecule has 1 aromatic heterocycles. The first-order valence-electron chi connectivity index (χ1n) is 10.5. The highest BCUT2D eigenvalue weighted by atomic mass is 19.4. The van der Waals surface area contributed by atoms with Crippen LogP contribution in [-0.2, 0) is 6.18 Å². The summed E-state index contributed by atoms with van der Waals surface area (Å²) in [6.07, 6.45) is -4.62. The number of nitrogens with zero attached hydrogens (tertiary/aromatic N) is 4. The van der Waals surface area contributed by atoms with Crippen LogP contribution >= 0.6 is 0 Å². The number of halogens is 3. The third-order valence-corrected chi connectivity index (χ3v) is 5.69. The molecule has 0 radical (unpaired) electrons. The Labute approximate surface area is 191 Å². The molecule has 11 heteroatoms. The molecule has 8 nitrogen and oxygen atoms in total. The number of alkyl halides is 3. The molecule has 0 bridgehead atoms. The Bertz CT molecular complexity index is 1270. The smallest absolute Gasteiger partial charge is 0.417 e. The fourth-order valence-corrected chi connectivity index (χ4v) is 3.94. The molecule has 3 aromatic rings. The van der Waals surface area contributed by atoms with Crippen molar-refractivity contribution in [1.29, 1.82) is 0 Å². The van der Waals surface area contributed by atoms with Crippen molar-refractivity contribution in [3.63, 3.8) is 0 Å². The molecule has 2 aliphatic rings. The number of hydrogen-bond donors (Lipinski definition) is 1. The third kappa shape index (κ3) is 4.00. The van der Waals surface area contributed by atoms with Crippen molar-refractivity contribution in [2.24, 2.45) is 0 Å². The highest BCUT2D eigenvalue weighted by molar-refractivity contribution is 6.07. The molecule has 3 heterocycles. The summed E-state index contributed by atoms with van der Waals surface area (Å²) in [5, 5.41) is 11.0. The van der Waals surface area contributed by atoms with Gasteiger partial charge < -0.3 is 19.9 Å². The fraction of sp³-hybridized carbons (Fsp3) is 0.217. The second-order valence-electron chi connectivity index (χ2n) is 7.80. The lowest BCUT2D eigenvalue weighted by Gasteiger charge is -2.35. The van der Waals surface area contributed by atoms with Gasteiger partial charge in [0.15, 0.2) is 11.6 Å². The largest absolute Gasteiger partial charge is 0.435 e. The summed E-state index contributed by atoms with van der Waals surface area (Å²) in [7, 11) is 0. The number of nitrogens with one attached hydrogen (secondary N) is 1. The van der Waals surface area contributed by atoms with Crippen LogP contribution in [-0.4, -0.2) is 53.1 Å². The number of fused-ring (bicyclic) bond motifs is 2. The highest BCUT2D eigenvalue weighted by Gasteiger charge is 2.36. The van der Waals surface area contributed by atoms with Gasteiger partial charge >= 0.3 is 6.18 Å². The van der Waals surface area contributed by atoms with Crippen LogP contribution in [0.2, 0.25) is 0 Å². The minimum absolute atomic E-state index is 0.0729. The van der Waals surface area contributed by atoms with Crippen molar-refractivity contribution in [2.75, 3.05) is 36.4 Å². The number of carbonyl (C=O) groups is 2. The van der Waals surface area contributed by atoms with Crippen LogP contribution in [0.5, 0.6) is 11.6 Å². The molecule has 2 aromatic carbocycles. The van der Waals surface area contributed by atoms with E-state index in [4.69, 9.17) is 4.74 Å². The molecule has 1 fully saturated rings. The first-order valence-corrected chi connectivity index (χ1v) is 10.5. The summed E-state index contributed by atoms with van der Waals surface area (Å²) in [5.74, 6) is -0.141. The van der Waals surface area contributed by atoms with Gasteiger partial charge in [-0.3, -0.25) is 9.59 Å². The molecular weight excluding hydrogens is 451 g/mol. The monoisotopic (exact) mass is 469 g/mol. The highest BCUT2D eigenvalue weighted by Crippen LogP contribution is 2.35. The summed E-state index contributed by atoms with van der Waals surface area (Å²) >= 11 is 0. The quantitative estimate of drug-likeness (QED) is 0.614. The Morgan fingerprint density at radius 2 is 1.68 bits per heavy atom. The molecule has 0 atom stereocenters. The van der Waals surface area contributed by atoms with Gasteiger partial charge in [-0.2, -0.15) is 13.2 Å². The van der Waals surface area contributed by atoms with E-state index in [0.29, 0.717) is 30.3 Å². The van der Waals surface area contributed by atoms with Crippen molar-refractivity contribution >= 4 is 23.3 Å². The van der Waals surface area contributed by atoms with Gasteiger partial charge in [-0.1, -0.05) is 24.3 Å². The van der Waals surface area contributed by atoms with E-state index in [9.17, 15) is 22.8 Å². The lowest BCUT2D eigenvalue weighted by atomic mass is 10.1. The van der Waals surface area contributed by atoms with Crippen LogP contribution < -0.4 is 15.0 Å². The lowest BCUT2D eigenvalue weighted by molar-refractivity contribution is -0.138. The van der Waals surface area contributed by atoms with Crippen molar-refractivity contribution in [3.8, 4) is 11.6 Å². The molecule has 0 unspecified atom stereocenters. The summed E-state index contributed by atoms with van der Waals surface area (Å²) in [6, 6.07) is 13.3. The molecule has 174 valence electrons. The molecule has 2 amide bonds. The van der Waals surface area contributed by atoms with E-state index in [1.165, 1.54) is 23.1 Å². The van der Waals surface area contributed by atoms with E-state index in [-0.39, 0.29) is 30.1 Å². The van der Waals surface area contributed by atoms with Gasteiger partial charge in [0.05, 0.1) is 16.8 Å². The SMILES string of the molecule is O=C1Nc2ccccc2Oc2nnc(N3CCN(C(=O)c4ccccc4C(F)(F)F)CC3)cc21. The van der Waals surface area contributed by atoms with Crippen molar-refractivity contribution < 1.29 is 27.5 Å². The number of hydrogen-bond acceptors (Lipinski definition) is 6. The van der Waals surface area contributed by atoms with Gasteiger partial charge in [-0.05, 0) is 24.3 Å². The van der Waals surface area contributed by atoms with Crippen LogP contribution in [0.1, 0.15) is 26.3 Å². The predicted molar refractivity (Wildman–Crippen MR) is 116 cm³/mol. The number of amides is 2. The number of benzene rings is 2.